The van der Waals surface area contributed by atoms with Crippen LogP contribution >= 0.6 is 23.4 Å². The minimum atomic E-state index is -0.410. The molecule has 1 rings (SSSR count). The zero-order valence-corrected chi connectivity index (χ0v) is 12.7. The average Bonchev–Trinajstić information content (AvgIpc) is 2.34. The Hall–Kier alpha value is -1.18. The lowest BCUT2D eigenvalue weighted by atomic mass is 9.98. The highest BCUT2D eigenvalue weighted by atomic mass is 35.5. The van der Waals surface area contributed by atoms with E-state index >= 15 is 0 Å². The van der Waals surface area contributed by atoms with Crippen molar-refractivity contribution in [2.75, 3.05) is 5.88 Å². The van der Waals surface area contributed by atoms with Gasteiger partial charge in [-0.3, -0.25) is 10.1 Å². The third-order valence-electron chi connectivity index (χ3n) is 2.07. The topological polar surface area (TPSA) is 43.1 Å². The van der Waals surface area contributed by atoms with Gasteiger partial charge < -0.3 is 0 Å². The van der Waals surface area contributed by atoms with Crippen LogP contribution in [0.2, 0.25) is 0 Å². The first-order valence-corrected chi connectivity index (χ1v) is 7.23. The summed E-state index contributed by atoms with van der Waals surface area (Å²) in [5, 5.41) is 10.5. The molecule has 0 saturated carbocycles. The normalized spacial score (nSPS) is 12.4. The second kappa shape index (κ2) is 6.83. The number of rotatable bonds is 4. The molecule has 0 aliphatic heterocycles. The number of hydrogen-bond donors (Lipinski definition) is 0. The number of thioether (sulfide) groups is 1. The Labute approximate surface area is 122 Å². The van der Waals surface area contributed by atoms with Crippen LogP contribution in [0.3, 0.4) is 0 Å². The zero-order valence-electron chi connectivity index (χ0n) is 11.1. The van der Waals surface area contributed by atoms with Crippen molar-refractivity contribution in [3.05, 3.63) is 34.4 Å². The molecule has 0 N–H and O–H groups in total. The van der Waals surface area contributed by atoms with E-state index in [0.29, 0.717) is 5.88 Å². The Morgan fingerprint density at radius 3 is 2.37 bits per heavy atom. The van der Waals surface area contributed by atoms with E-state index in [2.05, 4.69) is 11.8 Å². The highest BCUT2D eigenvalue weighted by Gasteiger charge is 2.10. The van der Waals surface area contributed by atoms with Crippen LogP contribution in [0.4, 0.5) is 5.69 Å². The summed E-state index contributed by atoms with van der Waals surface area (Å²) in [6, 6.07) is 6.43. The van der Waals surface area contributed by atoms with Gasteiger partial charge in [0.1, 0.15) is 0 Å². The standard InChI is InChI=1S/C14H16ClNO2S/c1-14(2,3)9-8-13(10-15)19-12-6-4-11(5-7-12)16(17)18/h4-7,13H,10H2,1-3H3. The van der Waals surface area contributed by atoms with Crippen LogP contribution in [0.15, 0.2) is 29.2 Å². The lowest BCUT2D eigenvalue weighted by Crippen LogP contribution is -2.05. The third-order valence-corrected chi connectivity index (χ3v) is 3.68. The number of halogens is 1. The molecule has 0 radical (unpaired) electrons. The molecule has 0 aliphatic rings. The number of non-ortho nitro benzene ring substituents is 1. The molecule has 1 aromatic carbocycles. The average molecular weight is 298 g/mol. The molecule has 0 aliphatic carbocycles. The van der Waals surface area contributed by atoms with Gasteiger partial charge in [-0.2, -0.15) is 0 Å². The second-order valence-electron chi connectivity index (χ2n) is 5.03. The number of nitro groups is 1. The lowest BCUT2D eigenvalue weighted by molar-refractivity contribution is -0.384. The molecule has 0 bridgehead atoms. The Bertz CT molecular complexity index is 497. The van der Waals surface area contributed by atoms with Crippen LogP contribution in [0.25, 0.3) is 0 Å². The molecule has 1 aromatic rings. The Morgan fingerprint density at radius 2 is 1.95 bits per heavy atom. The van der Waals surface area contributed by atoms with E-state index in [1.54, 1.807) is 12.1 Å². The number of nitro benzene ring substituents is 1. The summed E-state index contributed by atoms with van der Waals surface area (Å²) >= 11 is 7.42. The summed E-state index contributed by atoms with van der Waals surface area (Å²) < 4.78 is 0. The molecular formula is C14H16ClNO2S. The highest BCUT2D eigenvalue weighted by molar-refractivity contribution is 8.00. The summed E-state index contributed by atoms with van der Waals surface area (Å²) in [4.78, 5) is 11.1. The van der Waals surface area contributed by atoms with Gasteiger partial charge in [-0.25, -0.2) is 0 Å². The molecular weight excluding hydrogens is 282 g/mol. The first-order valence-electron chi connectivity index (χ1n) is 5.81. The summed E-state index contributed by atoms with van der Waals surface area (Å²) in [6.07, 6.45) is 0. The first kappa shape index (κ1) is 15.9. The maximum atomic E-state index is 10.6. The molecule has 5 heteroatoms. The van der Waals surface area contributed by atoms with Crippen molar-refractivity contribution in [2.24, 2.45) is 5.41 Å². The van der Waals surface area contributed by atoms with Gasteiger partial charge >= 0.3 is 0 Å². The smallest absolute Gasteiger partial charge is 0.258 e. The van der Waals surface area contributed by atoms with Crippen LogP contribution < -0.4 is 0 Å². The molecule has 3 nitrogen and oxygen atoms in total. The predicted molar refractivity (Wildman–Crippen MR) is 80.7 cm³/mol. The Balaban J connectivity index is 2.75. The van der Waals surface area contributed by atoms with Crippen molar-refractivity contribution in [1.29, 1.82) is 0 Å². The fraction of sp³-hybridized carbons (Fsp3) is 0.429. The van der Waals surface area contributed by atoms with Crippen molar-refractivity contribution in [1.82, 2.24) is 0 Å². The van der Waals surface area contributed by atoms with Crippen molar-refractivity contribution in [3.63, 3.8) is 0 Å². The minimum absolute atomic E-state index is 0.0117. The van der Waals surface area contributed by atoms with E-state index in [9.17, 15) is 10.1 Å². The van der Waals surface area contributed by atoms with Crippen LogP contribution in [0.5, 0.6) is 0 Å². The molecule has 0 heterocycles. The van der Waals surface area contributed by atoms with Gasteiger partial charge in [0.25, 0.3) is 5.69 Å². The molecule has 102 valence electrons. The molecule has 0 amide bonds. The van der Waals surface area contributed by atoms with E-state index in [1.165, 1.54) is 23.9 Å². The van der Waals surface area contributed by atoms with Crippen LogP contribution in [-0.4, -0.2) is 16.1 Å². The van der Waals surface area contributed by atoms with E-state index in [0.717, 1.165) is 4.90 Å². The monoisotopic (exact) mass is 297 g/mol. The van der Waals surface area contributed by atoms with E-state index in [4.69, 9.17) is 11.6 Å². The van der Waals surface area contributed by atoms with Crippen molar-refractivity contribution in [3.8, 4) is 11.8 Å². The van der Waals surface area contributed by atoms with Gasteiger partial charge in [-0.1, -0.05) is 11.8 Å². The summed E-state index contributed by atoms with van der Waals surface area (Å²) in [5.41, 5.74) is 0.0351. The molecule has 1 atom stereocenters. The van der Waals surface area contributed by atoms with Crippen molar-refractivity contribution < 1.29 is 4.92 Å². The number of hydrogen-bond acceptors (Lipinski definition) is 3. The number of nitrogens with zero attached hydrogens (tertiary/aromatic N) is 1. The Morgan fingerprint density at radius 1 is 1.37 bits per heavy atom. The molecule has 0 saturated heterocycles. The summed E-state index contributed by atoms with van der Waals surface area (Å²) in [5.74, 6) is 6.72. The van der Waals surface area contributed by atoms with Gasteiger partial charge in [0.05, 0.1) is 10.2 Å². The maximum Gasteiger partial charge on any atom is 0.269 e. The predicted octanol–water partition coefficient (Wildman–Crippen LogP) is 4.34. The van der Waals surface area contributed by atoms with E-state index < -0.39 is 4.92 Å². The minimum Gasteiger partial charge on any atom is -0.258 e. The molecule has 0 spiro atoms. The van der Waals surface area contributed by atoms with Gasteiger partial charge in [-0.15, -0.1) is 23.4 Å². The SMILES string of the molecule is CC(C)(C)C#CC(CCl)Sc1ccc([N+](=O)[O-])cc1. The number of alkyl halides is 1. The molecule has 0 aromatic heterocycles. The summed E-state index contributed by atoms with van der Waals surface area (Å²) in [7, 11) is 0. The third kappa shape index (κ3) is 6.00. The Kier molecular flexibility index (Phi) is 5.71. The van der Waals surface area contributed by atoms with Gasteiger partial charge in [0.2, 0.25) is 0 Å². The highest BCUT2D eigenvalue weighted by Crippen LogP contribution is 2.26. The number of benzene rings is 1. The van der Waals surface area contributed by atoms with E-state index in [-0.39, 0.29) is 16.4 Å². The van der Waals surface area contributed by atoms with E-state index in [1.807, 2.05) is 20.8 Å². The largest absolute Gasteiger partial charge is 0.269 e. The maximum absolute atomic E-state index is 10.6. The second-order valence-corrected chi connectivity index (χ2v) is 6.62. The van der Waals surface area contributed by atoms with Crippen LogP contribution in [-0.2, 0) is 0 Å². The molecule has 1 unspecified atom stereocenters. The fourth-order valence-electron chi connectivity index (χ4n) is 1.21. The van der Waals surface area contributed by atoms with Gasteiger partial charge in [-0.05, 0) is 32.9 Å². The quantitative estimate of drug-likeness (QED) is 0.273. The summed E-state index contributed by atoms with van der Waals surface area (Å²) in [6.45, 7) is 6.13. The van der Waals surface area contributed by atoms with Crippen LogP contribution in [0.1, 0.15) is 20.8 Å². The zero-order chi connectivity index (χ0) is 14.5. The van der Waals surface area contributed by atoms with Gasteiger partial charge in [0, 0.05) is 28.3 Å². The van der Waals surface area contributed by atoms with Crippen molar-refractivity contribution in [2.45, 2.75) is 30.9 Å². The lowest BCUT2D eigenvalue weighted by Gasteiger charge is -2.10. The first-order chi connectivity index (χ1) is 8.81. The van der Waals surface area contributed by atoms with Crippen molar-refractivity contribution >= 4 is 29.1 Å². The van der Waals surface area contributed by atoms with Crippen LogP contribution in [0, 0.1) is 27.4 Å². The fourth-order valence-corrected chi connectivity index (χ4v) is 2.28. The van der Waals surface area contributed by atoms with Gasteiger partial charge in [0.15, 0.2) is 0 Å². The molecule has 0 fully saturated rings. The molecule has 19 heavy (non-hydrogen) atoms.